The molecule has 14 N–H and O–H groups in total. The van der Waals surface area contributed by atoms with Gasteiger partial charge in [0, 0.05) is 67.9 Å². The first kappa shape index (κ1) is 65.5. The molecule has 472 valence electrons. The van der Waals surface area contributed by atoms with Crippen molar-refractivity contribution in [2.24, 2.45) is 0 Å². The highest BCUT2D eigenvalue weighted by molar-refractivity contribution is 7.95. The van der Waals surface area contributed by atoms with Gasteiger partial charge in [-0.25, -0.2) is 10.5 Å². The van der Waals surface area contributed by atoms with E-state index in [-0.39, 0.29) is 112 Å². The van der Waals surface area contributed by atoms with Crippen molar-refractivity contribution in [1.82, 2.24) is 34.8 Å². The van der Waals surface area contributed by atoms with Crippen LogP contribution in [0.5, 0.6) is 11.5 Å². The van der Waals surface area contributed by atoms with E-state index in [9.17, 15) is 48.8 Å². The zero-order chi connectivity index (χ0) is 64.0. The highest BCUT2D eigenvalue weighted by atomic mass is 35.5. The number of benzene rings is 6. The van der Waals surface area contributed by atoms with E-state index >= 15 is 0 Å². The maximum absolute atomic E-state index is 12.6. The van der Waals surface area contributed by atoms with E-state index < -0.39 is 56.7 Å². The number of carbonyl (C=O) groups excluding carboxylic acids is 1. The summed E-state index contributed by atoms with van der Waals surface area (Å²) in [5.74, 6) is -0.895. The lowest BCUT2D eigenvalue weighted by atomic mass is 10.1. The number of phenolic OH excluding ortho intramolecular Hbond substituents is 1. The fraction of sp³-hybridized carbons (Fsp3) is 0.188. The van der Waals surface area contributed by atoms with Crippen LogP contribution in [0.4, 0.5) is 63.6 Å². The van der Waals surface area contributed by atoms with Crippen molar-refractivity contribution in [3.05, 3.63) is 95.0 Å². The number of aromatic hydroxyl groups is 1. The number of ether oxygens (including phenoxy) is 1. The fourth-order valence-corrected chi connectivity index (χ4v) is 12.2. The summed E-state index contributed by atoms with van der Waals surface area (Å²) in [7, 11) is -13.0. The Labute approximate surface area is 522 Å². The number of fused-ring (bicyclic) bond motifs is 2. The molecule has 41 heteroatoms. The molecule has 6 aromatic carbocycles. The Morgan fingerprint density at radius 2 is 1.31 bits per heavy atom. The van der Waals surface area contributed by atoms with Crippen molar-refractivity contribution in [3.63, 3.8) is 0 Å². The Bertz CT molecular complexity index is 4380. The molecule has 0 spiro atoms. The number of anilines is 11. The zero-order valence-corrected chi connectivity index (χ0v) is 51.3. The molecule has 1 aliphatic rings. The van der Waals surface area contributed by atoms with Crippen LogP contribution < -0.4 is 52.6 Å². The van der Waals surface area contributed by atoms with Crippen LogP contribution in [0.25, 0.3) is 21.5 Å². The summed E-state index contributed by atoms with van der Waals surface area (Å²) in [6, 6.07) is 17.4. The maximum Gasteiger partial charge on any atom is 0.296 e. The maximum atomic E-state index is 12.6. The van der Waals surface area contributed by atoms with Crippen molar-refractivity contribution in [3.8, 4) is 11.5 Å². The normalized spacial score (nSPS) is 13.1. The third kappa shape index (κ3) is 16.3. The number of halogens is 2. The summed E-state index contributed by atoms with van der Waals surface area (Å²) >= 11 is 13.7. The molecule has 2 aromatic heterocycles. The number of carbonyl (C=O) groups is 1. The van der Waals surface area contributed by atoms with Gasteiger partial charge in [-0.3, -0.25) is 39.6 Å². The van der Waals surface area contributed by atoms with Crippen molar-refractivity contribution >= 4 is 169 Å². The lowest BCUT2D eigenvalue weighted by molar-refractivity contribution is -0.432. The van der Waals surface area contributed by atoms with Crippen molar-refractivity contribution in [2.75, 3.05) is 94.2 Å². The van der Waals surface area contributed by atoms with Gasteiger partial charge in [0.15, 0.2) is 5.75 Å². The molecule has 89 heavy (non-hydrogen) atoms. The van der Waals surface area contributed by atoms with E-state index in [1.165, 1.54) is 68.6 Å². The van der Waals surface area contributed by atoms with Crippen molar-refractivity contribution < 1.29 is 82.8 Å². The number of aryl methyl sites for hydroxylation is 1. The molecule has 0 saturated carbocycles. The smallest absolute Gasteiger partial charge is 0.296 e. The number of hydrogen-bond acceptors (Lipinski definition) is 32. The molecule has 8 aromatic rings. The van der Waals surface area contributed by atoms with Crippen molar-refractivity contribution in [2.45, 2.75) is 38.3 Å². The molecule has 1 saturated heterocycles. The number of hydrazine groups is 2. The lowest BCUT2D eigenvalue weighted by Crippen LogP contribution is -2.48. The van der Waals surface area contributed by atoms with Crippen LogP contribution in [0.2, 0.25) is 10.6 Å². The summed E-state index contributed by atoms with van der Waals surface area (Å²) in [5.41, 5.74) is 12.1. The number of rotatable bonds is 26. The van der Waals surface area contributed by atoms with Gasteiger partial charge < -0.3 is 41.4 Å². The fourth-order valence-electron chi connectivity index (χ4n) is 8.94. The lowest BCUT2D eigenvalue weighted by Gasteiger charge is -2.34. The van der Waals surface area contributed by atoms with E-state index in [4.69, 9.17) is 38.5 Å². The van der Waals surface area contributed by atoms with Gasteiger partial charge in [-0.1, -0.05) is 28.3 Å². The van der Waals surface area contributed by atoms with E-state index in [2.05, 4.69) is 96.5 Å². The number of piperazine rings is 1. The van der Waals surface area contributed by atoms with Crippen LogP contribution in [0.1, 0.15) is 12.5 Å². The third-order valence-corrected chi connectivity index (χ3v) is 17.0. The quantitative estimate of drug-likeness (QED) is 0.00806. The summed E-state index contributed by atoms with van der Waals surface area (Å²) < 4.78 is 119. The second-order valence-corrected chi connectivity index (χ2v) is 25.0. The van der Waals surface area contributed by atoms with Gasteiger partial charge in [-0.2, -0.15) is 55.2 Å². The summed E-state index contributed by atoms with van der Waals surface area (Å²) in [6.45, 7) is 5.55. The molecule has 0 unspecified atom stereocenters. The molecule has 1 amide bonds. The Hall–Kier alpha value is -7.94. The zero-order valence-electron chi connectivity index (χ0n) is 45.7. The van der Waals surface area contributed by atoms with Gasteiger partial charge in [0.1, 0.15) is 21.2 Å². The standard InChI is InChI=1S/C48H48Cl2N16O18S5/c1-23-7-8-39(89(77,78)79)33(15-23)63-64-41-37(86-84-82-70)17-25-16-27(87(71,72)73)20-34(40(25)42(41)68)54-46-56-43(49)55-45(59-46)51-9-10-65-11-13-66(14-12-65)48-58-44(50)57-47(60-48)53-32-21-30(52-24(2)67)31(22-35(32)80-3)62-61-26-18-29-28(36(19-26)85-83-81-69)5-4-6-38(29)88(74,75)76/h4-8,15-22,61-64,68-70H,9-14H2,1-3H3,(H,52,67)(H,71,72,73)(H,74,75,76)(H,77,78,79)(H,53,57,58,60)(H2,51,54,55,56,59). The van der Waals surface area contributed by atoms with Gasteiger partial charge in [0.05, 0.1) is 75.1 Å². The predicted octanol–water partition coefficient (Wildman–Crippen LogP) is 7.85. The van der Waals surface area contributed by atoms with Gasteiger partial charge in [0.25, 0.3) is 30.4 Å². The molecule has 0 radical (unpaired) electrons. The van der Waals surface area contributed by atoms with E-state index in [1.54, 1.807) is 13.0 Å². The van der Waals surface area contributed by atoms with E-state index in [1.807, 2.05) is 4.90 Å². The summed E-state index contributed by atoms with van der Waals surface area (Å²) in [5, 5.41) is 48.6. The second kappa shape index (κ2) is 27.8. The number of nitrogens with zero attached hydrogens (tertiary/aromatic N) is 8. The molecular weight excluding hydrogens is 1320 g/mol. The number of hydrogen-bond donors (Lipinski definition) is 14. The Balaban J connectivity index is 0.869. The van der Waals surface area contributed by atoms with Crippen LogP contribution in [-0.4, -0.2) is 142 Å². The first-order valence-electron chi connectivity index (χ1n) is 25.1. The predicted molar refractivity (Wildman–Crippen MR) is 327 cm³/mol. The second-order valence-electron chi connectivity index (χ2n) is 18.6. The number of aromatic nitrogens is 6. The first-order chi connectivity index (χ1) is 42.3. The SMILES string of the molecule is COc1cc(NNc2cc(SOOO)c3cccc(S(=O)(=O)O)c3c2)c(NC(C)=O)cc1Nc1nc(Cl)nc(N2CCN(CCNc3nc(Cl)nc(Nc4cc(S(=O)(=O)O)cc5cc(SOOO)c(NNc6cc(C)ccc6S(=O)(=O)O)c(O)c45)n3)CC2)n1. The van der Waals surface area contributed by atoms with Crippen LogP contribution >= 0.6 is 47.3 Å². The minimum absolute atomic E-state index is 0.0173. The number of amides is 1. The van der Waals surface area contributed by atoms with E-state index in [0.717, 1.165) is 18.2 Å². The van der Waals surface area contributed by atoms with Gasteiger partial charge in [-0.15, -0.1) is 8.67 Å². The molecule has 9 rings (SSSR count). The average molecular weight is 1370 g/mol. The Kier molecular flexibility index (Phi) is 20.5. The molecule has 0 aliphatic carbocycles. The Morgan fingerprint density at radius 3 is 1.99 bits per heavy atom. The molecular formula is C48H48Cl2N16O18S5. The minimum atomic E-state index is -4.92. The number of methoxy groups -OCH3 is 1. The highest BCUT2D eigenvalue weighted by Gasteiger charge is 2.26. The highest BCUT2D eigenvalue weighted by Crippen LogP contribution is 2.46. The minimum Gasteiger partial charge on any atom is -0.505 e. The summed E-state index contributed by atoms with van der Waals surface area (Å²) in [6.07, 6.45) is 0. The largest absolute Gasteiger partial charge is 0.505 e. The Morgan fingerprint density at radius 1 is 0.652 bits per heavy atom. The molecule has 1 aliphatic heterocycles. The van der Waals surface area contributed by atoms with Crippen molar-refractivity contribution in [1.29, 1.82) is 0 Å². The average Bonchev–Trinajstić information content (AvgIpc) is 0.982. The molecule has 1 fully saturated rings. The van der Waals surface area contributed by atoms with E-state index in [0.29, 0.717) is 67.8 Å². The molecule has 0 atom stereocenters. The third-order valence-electron chi connectivity index (χ3n) is 12.7. The first-order valence-corrected chi connectivity index (χ1v) is 31.7. The molecule has 3 heterocycles. The number of nitrogens with one attached hydrogen (secondary N) is 8. The van der Waals surface area contributed by atoms with Gasteiger partial charge >= 0.3 is 0 Å². The number of phenols is 1. The topological polar surface area (TPSA) is 467 Å². The van der Waals surface area contributed by atoms with Crippen LogP contribution in [0.3, 0.4) is 0 Å². The van der Waals surface area contributed by atoms with Crippen LogP contribution in [0.15, 0.2) is 103 Å². The van der Waals surface area contributed by atoms with Gasteiger partial charge in [0.2, 0.25) is 40.3 Å². The van der Waals surface area contributed by atoms with Gasteiger partial charge in [-0.05, 0) is 101 Å². The van der Waals surface area contributed by atoms with Crippen LogP contribution in [0, 0.1) is 6.92 Å². The molecule has 34 nitrogen and oxygen atoms in total. The summed E-state index contributed by atoms with van der Waals surface area (Å²) in [4.78, 5) is 41.0. The molecule has 0 bridgehead atoms. The van der Waals surface area contributed by atoms with Crippen LogP contribution in [-0.2, 0) is 53.9 Å². The monoisotopic (exact) mass is 1370 g/mol.